The van der Waals surface area contributed by atoms with E-state index < -0.39 is 20.0 Å². The fourth-order valence-electron chi connectivity index (χ4n) is 3.29. The number of sulfonamides is 2. The highest BCUT2D eigenvalue weighted by Gasteiger charge is 2.28. The molecule has 33 heavy (non-hydrogen) atoms. The number of hydrogen-bond donors (Lipinski definition) is 1. The second-order valence-electron chi connectivity index (χ2n) is 7.11. The van der Waals surface area contributed by atoms with E-state index in [9.17, 15) is 16.8 Å². The zero-order valence-corrected chi connectivity index (χ0v) is 19.7. The van der Waals surface area contributed by atoms with Crippen LogP contribution in [0.25, 0.3) is 16.9 Å². The molecule has 8 nitrogen and oxygen atoms in total. The highest BCUT2D eigenvalue weighted by atomic mass is 35.5. The molecule has 4 rings (SSSR count). The Balaban J connectivity index is 1.96. The van der Waals surface area contributed by atoms with Crippen molar-refractivity contribution in [2.24, 2.45) is 5.14 Å². The van der Waals surface area contributed by atoms with Gasteiger partial charge in [-0.1, -0.05) is 54.1 Å². The van der Waals surface area contributed by atoms with Gasteiger partial charge in [-0.05, 0) is 36.4 Å². The molecule has 4 aromatic rings. The average molecular weight is 503 g/mol. The molecule has 11 heteroatoms. The summed E-state index contributed by atoms with van der Waals surface area (Å²) in [5, 5.41) is 9.94. The van der Waals surface area contributed by atoms with Crippen LogP contribution in [-0.2, 0) is 20.0 Å². The van der Waals surface area contributed by atoms with Gasteiger partial charge in [-0.25, -0.2) is 18.2 Å². The number of halogens is 1. The van der Waals surface area contributed by atoms with E-state index in [4.69, 9.17) is 16.7 Å². The molecule has 0 saturated heterocycles. The second-order valence-corrected chi connectivity index (χ2v) is 11.0. The Labute approximate surface area is 196 Å². The van der Waals surface area contributed by atoms with Gasteiger partial charge in [-0.3, -0.25) is 4.31 Å². The van der Waals surface area contributed by atoms with E-state index in [1.54, 1.807) is 60.7 Å². The van der Waals surface area contributed by atoms with Gasteiger partial charge in [-0.2, -0.15) is 13.5 Å². The molecule has 1 heterocycles. The van der Waals surface area contributed by atoms with E-state index in [0.29, 0.717) is 22.0 Å². The molecule has 0 bridgehead atoms. The molecular formula is C22H19ClN4O4S2. The summed E-state index contributed by atoms with van der Waals surface area (Å²) in [6.07, 6.45) is 0. The van der Waals surface area contributed by atoms with Crippen LogP contribution < -0.4 is 9.44 Å². The number of primary sulfonamides is 1. The van der Waals surface area contributed by atoms with Crippen molar-refractivity contribution in [1.29, 1.82) is 0 Å². The lowest BCUT2D eigenvalue weighted by molar-refractivity contribution is 0.588. The van der Waals surface area contributed by atoms with Crippen LogP contribution in [-0.4, -0.2) is 33.7 Å². The summed E-state index contributed by atoms with van der Waals surface area (Å²) < 4.78 is 53.6. The van der Waals surface area contributed by atoms with E-state index in [-0.39, 0.29) is 15.6 Å². The summed E-state index contributed by atoms with van der Waals surface area (Å²) in [5.41, 5.74) is 1.50. The highest BCUT2D eigenvalue weighted by molar-refractivity contribution is 7.92. The fraction of sp³-hybridized carbons (Fsp3) is 0.0455. The maximum atomic E-state index is 13.4. The van der Waals surface area contributed by atoms with Gasteiger partial charge in [0.15, 0.2) is 5.03 Å². The van der Waals surface area contributed by atoms with Crippen LogP contribution >= 0.6 is 11.6 Å². The minimum absolute atomic E-state index is 0.119. The SMILES string of the molecule is CN(c1ccccc1)S(=O)(=O)c1cc(-c2ccc(Cl)cc2)n(-c2ccccc2S(N)(=O)=O)n1. The van der Waals surface area contributed by atoms with Crippen molar-refractivity contribution >= 4 is 37.3 Å². The number of anilines is 1. The van der Waals surface area contributed by atoms with Gasteiger partial charge in [0.25, 0.3) is 10.0 Å². The van der Waals surface area contributed by atoms with E-state index in [0.717, 1.165) is 4.31 Å². The normalized spacial score (nSPS) is 12.0. The summed E-state index contributed by atoms with van der Waals surface area (Å²) in [6, 6.07) is 22.6. The third-order valence-electron chi connectivity index (χ3n) is 4.97. The van der Waals surface area contributed by atoms with E-state index in [2.05, 4.69) is 5.10 Å². The predicted molar refractivity (Wildman–Crippen MR) is 127 cm³/mol. The number of para-hydroxylation sites is 2. The molecule has 1 aromatic heterocycles. The first kappa shape index (κ1) is 23.0. The molecule has 0 saturated carbocycles. The Hall–Kier alpha value is -3.18. The van der Waals surface area contributed by atoms with Gasteiger partial charge in [0.1, 0.15) is 4.90 Å². The molecular weight excluding hydrogens is 484 g/mol. The number of aromatic nitrogens is 2. The summed E-state index contributed by atoms with van der Waals surface area (Å²) in [4.78, 5) is -0.191. The summed E-state index contributed by atoms with van der Waals surface area (Å²) in [5.74, 6) is 0. The van der Waals surface area contributed by atoms with Crippen molar-refractivity contribution in [2.75, 3.05) is 11.4 Å². The van der Waals surface area contributed by atoms with Crippen molar-refractivity contribution in [3.63, 3.8) is 0 Å². The third kappa shape index (κ3) is 4.51. The largest absolute Gasteiger partial charge is 0.283 e. The van der Waals surface area contributed by atoms with E-state index >= 15 is 0 Å². The Morgan fingerprint density at radius 3 is 2.12 bits per heavy atom. The van der Waals surface area contributed by atoms with Crippen LogP contribution in [0.15, 0.2) is 94.9 Å². The van der Waals surface area contributed by atoms with Crippen LogP contribution in [0.3, 0.4) is 0 Å². The van der Waals surface area contributed by atoms with Crippen molar-refractivity contribution in [1.82, 2.24) is 9.78 Å². The van der Waals surface area contributed by atoms with Crippen molar-refractivity contribution in [3.8, 4) is 16.9 Å². The van der Waals surface area contributed by atoms with Crippen LogP contribution in [0.1, 0.15) is 0 Å². The Bertz CT molecular complexity index is 1520. The Kier molecular flexibility index (Phi) is 6.02. The van der Waals surface area contributed by atoms with Gasteiger partial charge >= 0.3 is 0 Å². The van der Waals surface area contributed by atoms with E-state index in [1.165, 1.54) is 36.0 Å². The lowest BCUT2D eigenvalue weighted by atomic mass is 10.1. The first-order valence-corrected chi connectivity index (χ1v) is 13.0. The summed E-state index contributed by atoms with van der Waals surface area (Å²) >= 11 is 6.01. The number of benzene rings is 3. The fourth-order valence-corrected chi connectivity index (χ4v) is 5.25. The standard InChI is InChI=1S/C22H19ClN4O4S2/c1-26(18-7-3-2-4-8-18)33(30,31)22-15-20(16-11-13-17(23)14-12-16)27(25-22)19-9-5-6-10-21(19)32(24,28)29/h2-15H,1H3,(H2,24,28,29). The number of nitrogens with zero attached hydrogens (tertiary/aromatic N) is 3. The van der Waals surface area contributed by atoms with Gasteiger partial charge in [0.2, 0.25) is 10.0 Å². The Morgan fingerprint density at radius 1 is 0.879 bits per heavy atom. The molecule has 0 atom stereocenters. The van der Waals surface area contributed by atoms with Crippen LogP contribution in [0.4, 0.5) is 5.69 Å². The molecule has 0 aliphatic rings. The second kappa shape index (κ2) is 8.64. The molecule has 2 N–H and O–H groups in total. The molecule has 170 valence electrons. The van der Waals surface area contributed by atoms with Gasteiger partial charge < -0.3 is 0 Å². The number of rotatable bonds is 6. The van der Waals surface area contributed by atoms with Crippen LogP contribution in [0, 0.1) is 0 Å². The molecule has 0 fully saturated rings. The minimum Gasteiger partial charge on any atom is -0.268 e. The average Bonchev–Trinajstić information content (AvgIpc) is 3.25. The Morgan fingerprint density at radius 2 is 1.48 bits per heavy atom. The molecule has 0 aliphatic carbocycles. The lowest BCUT2D eigenvalue weighted by Gasteiger charge is -2.17. The van der Waals surface area contributed by atoms with Gasteiger partial charge in [-0.15, -0.1) is 0 Å². The lowest BCUT2D eigenvalue weighted by Crippen LogP contribution is -2.27. The maximum Gasteiger partial charge on any atom is 0.283 e. The van der Waals surface area contributed by atoms with Crippen molar-refractivity contribution in [3.05, 3.63) is 90.0 Å². The molecule has 0 spiro atoms. The molecule has 0 amide bonds. The van der Waals surface area contributed by atoms with Crippen molar-refractivity contribution in [2.45, 2.75) is 9.92 Å². The third-order valence-corrected chi connectivity index (χ3v) is 7.84. The molecule has 0 aliphatic heterocycles. The summed E-state index contributed by atoms with van der Waals surface area (Å²) in [6.45, 7) is 0. The smallest absolute Gasteiger partial charge is 0.268 e. The molecule has 3 aromatic carbocycles. The topological polar surface area (TPSA) is 115 Å². The predicted octanol–water partition coefficient (Wildman–Crippen LogP) is 3.67. The quantitative estimate of drug-likeness (QED) is 0.432. The minimum atomic E-state index is -4.11. The van der Waals surface area contributed by atoms with Crippen LogP contribution in [0.2, 0.25) is 5.02 Å². The zero-order chi connectivity index (χ0) is 23.8. The van der Waals surface area contributed by atoms with E-state index in [1.807, 2.05) is 0 Å². The molecule has 0 unspecified atom stereocenters. The van der Waals surface area contributed by atoms with Gasteiger partial charge in [0.05, 0.1) is 17.1 Å². The highest BCUT2D eigenvalue weighted by Crippen LogP contribution is 2.31. The monoisotopic (exact) mass is 502 g/mol. The number of nitrogens with two attached hydrogens (primary N) is 1. The maximum absolute atomic E-state index is 13.4. The zero-order valence-electron chi connectivity index (χ0n) is 17.3. The van der Waals surface area contributed by atoms with Crippen LogP contribution in [0.5, 0.6) is 0 Å². The molecule has 0 radical (unpaired) electrons. The summed E-state index contributed by atoms with van der Waals surface area (Å²) in [7, 11) is -6.77. The van der Waals surface area contributed by atoms with Crippen molar-refractivity contribution < 1.29 is 16.8 Å². The first-order valence-electron chi connectivity index (χ1n) is 9.61. The number of hydrogen-bond acceptors (Lipinski definition) is 5. The first-order chi connectivity index (χ1) is 15.6. The van der Waals surface area contributed by atoms with Gasteiger partial charge in [0, 0.05) is 23.7 Å².